The highest BCUT2D eigenvalue weighted by Gasteiger charge is 2.31. The number of amides is 3. The van der Waals surface area contributed by atoms with Crippen LogP contribution in [0.1, 0.15) is 5.56 Å². The highest BCUT2D eigenvalue weighted by molar-refractivity contribution is 8.14. The van der Waals surface area contributed by atoms with Gasteiger partial charge >= 0.3 is 0 Å². The number of imide groups is 1. The normalized spacial score (nSPS) is 14.9. The second-order valence-electron chi connectivity index (χ2n) is 4.12. The third-order valence-electron chi connectivity index (χ3n) is 2.71. The molecule has 2 rings (SSSR count). The summed E-state index contributed by atoms with van der Waals surface area (Å²) in [6.45, 7) is 1.53. The molecule has 1 aliphatic heterocycles. The minimum absolute atomic E-state index is 0.0959. The Kier molecular flexibility index (Phi) is 3.75. The molecule has 3 amide bonds. The number of hydrogen-bond acceptors (Lipinski definition) is 5. The number of para-hydroxylation sites is 1. The maximum absolute atomic E-state index is 11.8. The van der Waals surface area contributed by atoms with Crippen LogP contribution in [0.3, 0.4) is 0 Å². The quantitative estimate of drug-likeness (QED) is 0.811. The van der Waals surface area contributed by atoms with Gasteiger partial charge in [0.05, 0.1) is 17.1 Å². The molecule has 1 aliphatic rings. The first-order chi connectivity index (χ1) is 8.99. The zero-order valence-corrected chi connectivity index (χ0v) is 11.1. The van der Waals surface area contributed by atoms with E-state index in [0.717, 1.165) is 22.2 Å². The summed E-state index contributed by atoms with van der Waals surface area (Å²) in [5, 5.41) is 2.24. The lowest BCUT2D eigenvalue weighted by atomic mass is 10.1. The standard InChI is InChI=1S/C12H13N3O3S/c1-7-3-2-4-8(13)11(7)14-9(16)5-15-10(17)6-19-12(15)18/h2-4H,5-6,13H2,1H3,(H,14,16). The summed E-state index contributed by atoms with van der Waals surface area (Å²) >= 11 is 0.901. The van der Waals surface area contributed by atoms with Crippen molar-refractivity contribution in [1.82, 2.24) is 4.90 Å². The summed E-state index contributed by atoms with van der Waals surface area (Å²) in [6, 6.07) is 5.27. The first-order valence-electron chi connectivity index (χ1n) is 5.61. The van der Waals surface area contributed by atoms with Gasteiger partial charge in [-0.2, -0.15) is 0 Å². The Morgan fingerprint density at radius 1 is 1.47 bits per heavy atom. The highest BCUT2D eigenvalue weighted by atomic mass is 32.2. The maximum Gasteiger partial charge on any atom is 0.289 e. The van der Waals surface area contributed by atoms with Crippen LogP contribution in [0.5, 0.6) is 0 Å². The second-order valence-corrected chi connectivity index (χ2v) is 5.05. The van der Waals surface area contributed by atoms with Crippen molar-refractivity contribution in [2.24, 2.45) is 0 Å². The molecule has 0 bridgehead atoms. The van der Waals surface area contributed by atoms with E-state index < -0.39 is 11.1 Å². The molecule has 6 nitrogen and oxygen atoms in total. The van der Waals surface area contributed by atoms with Gasteiger partial charge < -0.3 is 11.1 Å². The Morgan fingerprint density at radius 2 is 2.21 bits per heavy atom. The molecule has 0 aliphatic carbocycles. The van der Waals surface area contributed by atoms with Gasteiger partial charge in [0.25, 0.3) is 5.24 Å². The van der Waals surface area contributed by atoms with E-state index in [4.69, 9.17) is 5.73 Å². The number of rotatable bonds is 3. The fourth-order valence-electron chi connectivity index (χ4n) is 1.72. The van der Waals surface area contributed by atoms with E-state index in [1.807, 2.05) is 13.0 Å². The van der Waals surface area contributed by atoms with Crippen LogP contribution in [0.15, 0.2) is 18.2 Å². The molecule has 0 unspecified atom stereocenters. The van der Waals surface area contributed by atoms with E-state index in [9.17, 15) is 14.4 Å². The predicted octanol–water partition coefficient (Wildman–Crippen LogP) is 1.21. The average Bonchev–Trinajstić information content (AvgIpc) is 2.66. The lowest BCUT2D eigenvalue weighted by Gasteiger charge is -2.14. The van der Waals surface area contributed by atoms with Crippen LogP contribution in [0.25, 0.3) is 0 Å². The van der Waals surface area contributed by atoms with Crippen LogP contribution in [-0.4, -0.2) is 34.3 Å². The molecule has 0 saturated carbocycles. The van der Waals surface area contributed by atoms with E-state index >= 15 is 0 Å². The molecule has 0 aromatic heterocycles. The van der Waals surface area contributed by atoms with Gasteiger partial charge in [0.15, 0.2) is 0 Å². The number of carbonyl (C=O) groups is 3. The highest BCUT2D eigenvalue weighted by Crippen LogP contribution is 2.23. The summed E-state index contributed by atoms with van der Waals surface area (Å²) in [5.74, 6) is -0.688. The average molecular weight is 279 g/mol. The fourth-order valence-corrected chi connectivity index (χ4v) is 2.44. The number of carbonyl (C=O) groups excluding carboxylic acids is 3. The van der Waals surface area contributed by atoms with Crippen molar-refractivity contribution in [3.05, 3.63) is 23.8 Å². The Hall–Kier alpha value is -2.02. The van der Waals surface area contributed by atoms with Gasteiger partial charge in [-0.1, -0.05) is 23.9 Å². The van der Waals surface area contributed by atoms with E-state index in [1.165, 1.54) is 0 Å². The van der Waals surface area contributed by atoms with E-state index in [-0.39, 0.29) is 18.2 Å². The molecular weight excluding hydrogens is 266 g/mol. The molecule has 1 aromatic carbocycles. The molecular formula is C12H13N3O3S. The number of hydrogen-bond donors (Lipinski definition) is 2. The summed E-state index contributed by atoms with van der Waals surface area (Å²) in [5.41, 5.74) is 7.55. The number of nitrogen functional groups attached to an aromatic ring is 1. The lowest BCUT2D eigenvalue weighted by molar-refractivity contribution is -0.128. The number of benzene rings is 1. The topological polar surface area (TPSA) is 92.5 Å². The van der Waals surface area contributed by atoms with Crippen molar-refractivity contribution in [2.45, 2.75) is 6.92 Å². The number of nitrogens with two attached hydrogens (primary N) is 1. The van der Waals surface area contributed by atoms with Crippen molar-refractivity contribution in [2.75, 3.05) is 23.3 Å². The molecule has 1 heterocycles. The van der Waals surface area contributed by atoms with Crippen LogP contribution in [-0.2, 0) is 9.59 Å². The number of thioether (sulfide) groups is 1. The van der Waals surface area contributed by atoms with E-state index in [1.54, 1.807) is 12.1 Å². The Bertz CT molecular complexity index is 523. The van der Waals surface area contributed by atoms with Gasteiger partial charge in [-0.05, 0) is 18.6 Å². The molecule has 3 N–H and O–H groups in total. The van der Waals surface area contributed by atoms with E-state index in [0.29, 0.717) is 11.4 Å². The van der Waals surface area contributed by atoms with Crippen LogP contribution >= 0.6 is 11.8 Å². The zero-order valence-electron chi connectivity index (χ0n) is 10.3. The van der Waals surface area contributed by atoms with Crippen molar-refractivity contribution in [1.29, 1.82) is 0 Å². The molecule has 100 valence electrons. The predicted molar refractivity (Wildman–Crippen MR) is 73.8 cm³/mol. The second kappa shape index (κ2) is 5.31. The monoisotopic (exact) mass is 279 g/mol. The first-order valence-corrected chi connectivity index (χ1v) is 6.59. The Morgan fingerprint density at radius 3 is 2.79 bits per heavy atom. The summed E-state index contributed by atoms with van der Waals surface area (Å²) < 4.78 is 0. The Balaban J connectivity index is 2.06. The Labute approximate surface area is 114 Å². The van der Waals surface area contributed by atoms with Gasteiger partial charge in [0.2, 0.25) is 11.8 Å². The first kappa shape index (κ1) is 13.4. The van der Waals surface area contributed by atoms with Gasteiger partial charge in [0.1, 0.15) is 6.54 Å². The molecule has 1 fully saturated rings. The smallest absolute Gasteiger partial charge is 0.289 e. The maximum atomic E-state index is 11.8. The summed E-state index contributed by atoms with van der Waals surface area (Å²) in [6.07, 6.45) is 0. The van der Waals surface area contributed by atoms with Crippen LogP contribution in [0.4, 0.5) is 16.2 Å². The number of nitrogens with zero attached hydrogens (tertiary/aromatic N) is 1. The number of aryl methyl sites for hydroxylation is 1. The van der Waals surface area contributed by atoms with E-state index in [2.05, 4.69) is 5.32 Å². The minimum atomic E-state index is -0.440. The van der Waals surface area contributed by atoms with Gasteiger partial charge in [-0.15, -0.1) is 0 Å². The largest absolute Gasteiger partial charge is 0.397 e. The fraction of sp³-hybridized carbons (Fsp3) is 0.250. The molecule has 1 aromatic rings. The molecule has 0 atom stereocenters. The lowest BCUT2D eigenvalue weighted by Crippen LogP contribution is -2.36. The third-order valence-corrected chi connectivity index (χ3v) is 3.57. The van der Waals surface area contributed by atoms with Gasteiger partial charge in [0, 0.05) is 0 Å². The number of nitrogens with one attached hydrogen (secondary N) is 1. The minimum Gasteiger partial charge on any atom is -0.397 e. The van der Waals surface area contributed by atoms with Crippen LogP contribution in [0.2, 0.25) is 0 Å². The van der Waals surface area contributed by atoms with Crippen molar-refractivity contribution in [3.8, 4) is 0 Å². The van der Waals surface area contributed by atoms with Crippen molar-refractivity contribution in [3.63, 3.8) is 0 Å². The van der Waals surface area contributed by atoms with Gasteiger partial charge in [-0.25, -0.2) is 0 Å². The summed E-state index contributed by atoms with van der Waals surface area (Å²) in [4.78, 5) is 35.5. The molecule has 1 saturated heterocycles. The zero-order chi connectivity index (χ0) is 14.0. The molecule has 0 spiro atoms. The van der Waals surface area contributed by atoms with Crippen molar-refractivity contribution >= 4 is 40.2 Å². The third kappa shape index (κ3) is 2.87. The van der Waals surface area contributed by atoms with Gasteiger partial charge in [-0.3, -0.25) is 19.3 Å². The van der Waals surface area contributed by atoms with Crippen molar-refractivity contribution < 1.29 is 14.4 Å². The van der Waals surface area contributed by atoms with Crippen LogP contribution < -0.4 is 11.1 Å². The SMILES string of the molecule is Cc1cccc(N)c1NC(=O)CN1C(=O)CSC1=O. The molecule has 0 radical (unpaired) electrons. The number of anilines is 2. The molecule has 19 heavy (non-hydrogen) atoms. The van der Waals surface area contributed by atoms with Crippen LogP contribution in [0, 0.1) is 6.92 Å². The molecule has 7 heteroatoms. The summed E-state index contributed by atoms with van der Waals surface area (Å²) in [7, 11) is 0.